The van der Waals surface area contributed by atoms with E-state index in [0.717, 1.165) is 18.7 Å². The molecule has 2 heterocycles. The Hall–Kier alpha value is -1.83. The molecule has 0 amide bonds. The Kier molecular flexibility index (Phi) is 3.98. The molecule has 0 spiro atoms. The van der Waals surface area contributed by atoms with Crippen molar-refractivity contribution in [3.8, 4) is 0 Å². The standard InChI is InChI=1S/C10H14N6OS/c1-2-3-8-15-9(17-16-8)5-18-10-13-6(11)4-7(12)14-10/h4H,2-3,5H2,1H3,(H4,11,12,13,14). The van der Waals surface area contributed by atoms with Crippen LogP contribution in [-0.4, -0.2) is 20.1 Å². The summed E-state index contributed by atoms with van der Waals surface area (Å²) >= 11 is 1.35. The maximum atomic E-state index is 5.58. The first-order chi connectivity index (χ1) is 8.67. The molecular weight excluding hydrogens is 252 g/mol. The number of thioether (sulfide) groups is 1. The van der Waals surface area contributed by atoms with E-state index in [1.165, 1.54) is 17.8 Å². The van der Waals surface area contributed by atoms with Crippen molar-refractivity contribution in [3.05, 3.63) is 17.8 Å². The highest BCUT2D eigenvalue weighted by Gasteiger charge is 2.08. The van der Waals surface area contributed by atoms with Crippen molar-refractivity contribution in [3.63, 3.8) is 0 Å². The maximum Gasteiger partial charge on any atom is 0.237 e. The molecule has 0 bridgehead atoms. The minimum absolute atomic E-state index is 0.349. The Bertz CT molecular complexity index is 509. The lowest BCUT2D eigenvalue weighted by molar-refractivity contribution is 0.384. The molecule has 18 heavy (non-hydrogen) atoms. The van der Waals surface area contributed by atoms with Gasteiger partial charge in [-0.25, -0.2) is 9.97 Å². The Balaban J connectivity index is 1.97. The first-order valence-corrected chi connectivity index (χ1v) is 6.50. The van der Waals surface area contributed by atoms with Crippen molar-refractivity contribution in [2.24, 2.45) is 0 Å². The van der Waals surface area contributed by atoms with Crippen LogP contribution in [0, 0.1) is 0 Å². The Morgan fingerprint density at radius 3 is 2.61 bits per heavy atom. The first kappa shape index (κ1) is 12.6. The van der Waals surface area contributed by atoms with E-state index in [0.29, 0.717) is 28.4 Å². The van der Waals surface area contributed by atoms with Crippen LogP contribution in [0.5, 0.6) is 0 Å². The van der Waals surface area contributed by atoms with Crippen LogP contribution in [-0.2, 0) is 12.2 Å². The predicted molar refractivity (Wildman–Crippen MR) is 68.7 cm³/mol. The molecule has 2 aromatic heterocycles. The van der Waals surface area contributed by atoms with E-state index in [4.69, 9.17) is 16.0 Å². The average molecular weight is 266 g/mol. The molecule has 0 aromatic carbocycles. The van der Waals surface area contributed by atoms with E-state index < -0.39 is 0 Å². The van der Waals surface area contributed by atoms with E-state index in [9.17, 15) is 0 Å². The molecule has 0 aliphatic heterocycles. The predicted octanol–water partition coefficient (Wildman–Crippen LogP) is 1.27. The van der Waals surface area contributed by atoms with Crippen molar-refractivity contribution >= 4 is 23.4 Å². The van der Waals surface area contributed by atoms with E-state index >= 15 is 0 Å². The molecule has 0 aliphatic carbocycles. The molecule has 0 radical (unpaired) electrons. The van der Waals surface area contributed by atoms with Crippen LogP contribution in [0.3, 0.4) is 0 Å². The van der Waals surface area contributed by atoms with Gasteiger partial charge in [-0.15, -0.1) is 0 Å². The Morgan fingerprint density at radius 1 is 1.22 bits per heavy atom. The highest BCUT2D eigenvalue weighted by Crippen LogP contribution is 2.20. The summed E-state index contributed by atoms with van der Waals surface area (Å²) in [5.41, 5.74) is 11.2. The number of nitrogen functional groups attached to an aromatic ring is 2. The van der Waals surface area contributed by atoms with Gasteiger partial charge in [0.1, 0.15) is 11.6 Å². The van der Waals surface area contributed by atoms with Crippen molar-refractivity contribution in [1.29, 1.82) is 0 Å². The van der Waals surface area contributed by atoms with Gasteiger partial charge in [-0.3, -0.25) is 0 Å². The summed E-state index contributed by atoms with van der Waals surface area (Å²) in [5.74, 6) is 2.47. The third-order valence-electron chi connectivity index (χ3n) is 2.05. The van der Waals surface area contributed by atoms with Gasteiger partial charge in [0.2, 0.25) is 5.89 Å². The van der Waals surface area contributed by atoms with Crippen LogP contribution >= 0.6 is 11.8 Å². The lowest BCUT2D eigenvalue weighted by atomic mass is 10.3. The summed E-state index contributed by atoms with van der Waals surface area (Å²) in [6.07, 6.45) is 1.80. The van der Waals surface area contributed by atoms with Crippen LogP contribution in [0.15, 0.2) is 15.7 Å². The minimum atomic E-state index is 0.349. The lowest BCUT2D eigenvalue weighted by Crippen LogP contribution is -1.99. The van der Waals surface area contributed by atoms with Gasteiger partial charge in [0.25, 0.3) is 0 Å². The highest BCUT2D eigenvalue weighted by molar-refractivity contribution is 7.98. The summed E-state index contributed by atoms with van der Waals surface area (Å²) in [5, 5.41) is 4.37. The first-order valence-electron chi connectivity index (χ1n) is 5.51. The zero-order valence-corrected chi connectivity index (χ0v) is 10.8. The molecule has 0 unspecified atom stereocenters. The fourth-order valence-corrected chi connectivity index (χ4v) is 2.04. The molecule has 0 atom stereocenters. The topological polar surface area (TPSA) is 117 Å². The van der Waals surface area contributed by atoms with Gasteiger partial charge >= 0.3 is 0 Å². The van der Waals surface area contributed by atoms with E-state index in [1.54, 1.807) is 0 Å². The summed E-state index contributed by atoms with van der Waals surface area (Å²) in [6, 6.07) is 1.51. The van der Waals surface area contributed by atoms with Crippen LogP contribution < -0.4 is 11.5 Å². The molecule has 0 saturated heterocycles. The number of aryl methyl sites for hydroxylation is 1. The molecule has 2 aromatic rings. The fraction of sp³-hybridized carbons (Fsp3) is 0.400. The molecule has 0 aliphatic rings. The van der Waals surface area contributed by atoms with Crippen LogP contribution in [0.1, 0.15) is 25.1 Å². The smallest absolute Gasteiger partial charge is 0.237 e. The van der Waals surface area contributed by atoms with Crippen LogP contribution in [0.25, 0.3) is 0 Å². The zero-order chi connectivity index (χ0) is 13.0. The summed E-state index contributed by atoms with van der Waals surface area (Å²) in [6.45, 7) is 2.06. The Labute approximate surface area is 108 Å². The molecular formula is C10H14N6OS. The summed E-state index contributed by atoms with van der Waals surface area (Å²) in [7, 11) is 0. The second-order valence-corrected chi connectivity index (χ2v) is 4.59. The number of anilines is 2. The quantitative estimate of drug-likeness (QED) is 0.613. The normalized spacial score (nSPS) is 10.7. The molecule has 96 valence electrons. The van der Waals surface area contributed by atoms with Crippen LogP contribution in [0.4, 0.5) is 11.6 Å². The monoisotopic (exact) mass is 266 g/mol. The SMILES string of the molecule is CCCc1noc(CSc2nc(N)cc(N)n2)n1. The number of nitrogens with two attached hydrogens (primary N) is 2. The van der Waals surface area contributed by atoms with E-state index in [2.05, 4.69) is 27.0 Å². The van der Waals surface area contributed by atoms with Gasteiger partial charge < -0.3 is 16.0 Å². The van der Waals surface area contributed by atoms with Gasteiger partial charge in [-0.1, -0.05) is 23.8 Å². The van der Waals surface area contributed by atoms with Gasteiger partial charge in [0, 0.05) is 12.5 Å². The third kappa shape index (κ3) is 3.33. The van der Waals surface area contributed by atoms with Gasteiger partial charge in [-0.05, 0) is 6.42 Å². The van der Waals surface area contributed by atoms with E-state index in [-0.39, 0.29) is 0 Å². The number of hydrogen-bond donors (Lipinski definition) is 2. The number of aromatic nitrogens is 4. The van der Waals surface area contributed by atoms with Crippen molar-refractivity contribution in [2.45, 2.75) is 30.7 Å². The molecule has 0 fully saturated rings. The number of rotatable bonds is 5. The van der Waals surface area contributed by atoms with Crippen molar-refractivity contribution in [1.82, 2.24) is 20.1 Å². The van der Waals surface area contributed by atoms with Crippen molar-refractivity contribution < 1.29 is 4.52 Å². The molecule has 2 rings (SSSR count). The van der Waals surface area contributed by atoms with Gasteiger partial charge in [-0.2, -0.15) is 4.98 Å². The average Bonchev–Trinajstić information content (AvgIpc) is 2.74. The molecule has 8 heteroatoms. The third-order valence-corrected chi connectivity index (χ3v) is 2.89. The zero-order valence-electron chi connectivity index (χ0n) is 9.96. The lowest BCUT2D eigenvalue weighted by Gasteiger charge is -2.00. The molecule has 0 saturated carbocycles. The second kappa shape index (κ2) is 5.67. The van der Waals surface area contributed by atoms with Gasteiger partial charge in [0.15, 0.2) is 11.0 Å². The fourth-order valence-electron chi connectivity index (χ4n) is 1.33. The number of hydrogen-bond acceptors (Lipinski definition) is 8. The summed E-state index contributed by atoms with van der Waals surface area (Å²) in [4.78, 5) is 12.3. The minimum Gasteiger partial charge on any atom is -0.383 e. The maximum absolute atomic E-state index is 5.58. The molecule has 7 nitrogen and oxygen atoms in total. The van der Waals surface area contributed by atoms with Gasteiger partial charge in [0.05, 0.1) is 5.75 Å². The second-order valence-electron chi connectivity index (χ2n) is 3.64. The Morgan fingerprint density at radius 2 is 1.94 bits per heavy atom. The van der Waals surface area contributed by atoms with Crippen LogP contribution in [0.2, 0.25) is 0 Å². The largest absolute Gasteiger partial charge is 0.383 e. The number of nitrogens with zero attached hydrogens (tertiary/aromatic N) is 4. The highest BCUT2D eigenvalue weighted by atomic mass is 32.2. The van der Waals surface area contributed by atoms with E-state index in [1.807, 2.05) is 0 Å². The van der Waals surface area contributed by atoms with Crippen molar-refractivity contribution in [2.75, 3.05) is 11.5 Å². The summed E-state index contributed by atoms with van der Waals surface area (Å²) < 4.78 is 5.10. The molecule has 4 N–H and O–H groups in total.